The molecule has 3 saturated carbocycles. The van der Waals surface area contributed by atoms with Crippen molar-refractivity contribution in [3.05, 3.63) is 192 Å². The summed E-state index contributed by atoms with van der Waals surface area (Å²) in [6.07, 6.45) is 10.2. The molecule has 0 saturated heterocycles. The molecule has 1 heterocycles. The molecule has 0 radical (unpaired) electrons. The summed E-state index contributed by atoms with van der Waals surface area (Å²) in [5, 5.41) is 2.35. The Balaban J connectivity index is 1.07. The first kappa shape index (κ1) is 33.9. The van der Waals surface area contributed by atoms with E-state index in [0.717, 1.165) is 35.8 Å². The van der Waals surface area contributed by atoms with Crippen molar-refractivity contribution >= 4 is 56.1 Å². The topological polar surface area (TPSA) is 19.6 Å². The van der Waals surface area contributed by atoms with Gasteiger partial charge >= 0.3 is 0 Å². The summed E-state index contributed by atoms with van der Waals surface area (Å²) < 4.78 is 6.66. The maximum absolute atomic E-state index is 6.66. The van der Waals surface area contributed by atoms with Crippen LogP contribution in [0.5, 0.6) is 0 Å². The lowest BCUT2D eigenvalue weighted by Gasteiger charge is -2.40. The lowest BCUT2D eigenvalue weighted by Crippen LogP contribution is -2.34. The molecule has 288 valence electrons. The van der Waals surface area contributed by atoms with Crippen LogP contribution in [0.2, 0.25) is 0 Å². The number of para-hydroxylation sites is 4. The minimum absolute atomic E-state index is 0.108. The second-order valence-electron chi connectivity index (χ2n) is 18.3. The summed E-state index contributed by atoms with van der Waals surface area (Å²) in [7, 11) is 0. The van der Waals surface area contributed by atoms with Crippen molar-refractivity contribution in [2.45, 2.75) is 62.7 Å². The van der Waals surface area contributed by atoms with Gasteiger partial charge in [0.1, 0.15) is 11.2 Å². The monoisotopic (exact) mass is 764 g/mol. The van der Waals surface area contributed by atoms with Gasteiger partial charge in [0.05, 0.1) is 11.4 Å². The Labute approximate surface area is 346 Å². The van der Waals surface area contributed by atoms with E-state index in [1.165, 1.54) is 100 Å². The summed E-state index contributed by atoms with van der Waals surface area (Å²) in [4.78, 5) is 5.23. The standard InChI is InChI=1S/C56H48N2O/c1-3-15-42(16-4-1)57(43-17-5-2-6-18-43)50-22-11-13-38-33-40-27-28-41-34-39-14-12-23-51(55(39)56(40,41)54(38)50)58(44-29-30-47-46-20-8-10-24-52(46)59-53(47)35-44)49-21-9-7-19-45(49)48-32-36-25-26-37(48)31-36/h1-24,29-30,35-37,40-41,48H,25-28,31-34H2. The Kier molecular flexibility index (Phi) is 7.44. The number of hydrogen-bond acceptors (Lipinski definition) is 3. The van der Waals surface area contributed by atoms with Crippen LogP contribution < -0.4 is 9.80 Å². The Hall–Kier alpha value is -6.06. The molecule has 3 nitrogen and oxygen atoms in total. The van der Waals surface area contributed by atoms with E-state index in [1.54, 1.807) is 11.1 Å². The first-order valence-electron chi connectivity index (χ1n) is 22.2. The molecule has 6 unspecified atom stereocenters. The molecule has 6 atom stereocenters. The number of benzene rings is 7. The van der Waals surface area contributed by atoms with Crippen molar-refractivity contribution in [2.75, 3.05) is 9.80 Å². The van der Waals surface area contributed by atoms with Crippen molar-refractivity contribution in [1.29, 1.82) is 0 Å². The molecule has 0 N–H and O–H groups in total. The third-order valence-electron chi connectivity index (χ3n) is 15.6. The molecular weight excluding hydrogens is 717 g/mol. The Morgan fingerprint density at radius 3 is 1.75 bits per heavy atom. The van der Waals surface area contributed by atoms with Crippen LogP contribution in [0.3, 0.4) is 0 Å². The molecule has 5 aliphatic carbocycles. The van der Waals surface area contributed by atoms with E-state index in [2.05, 4.69) is 174 Å². The maximum atomic E-state index is 6.66. The van der Waals surface area contributed by atoms with Crippen LogP contribution in [-0.2, 0) is 18.3 Å². The molecule has 2 bridgehead atoms. The molecule has 1 spiro atoms. The van der Waals surface area contributed by atoms with Crippen LogP contribution in [0, 0.1) is 23.7 Å². The van der Waals surface area contributed by atoms with Gasteiger partial charge in [0.25, 0.3) is 0 Å². The fraction of sp³-hybridized carbons (Fsp3) is 0.250. The highest BCUT2D eigenvalue weighted by molar-refractivity contribution is 6.06. The quantitative estimate of drug-likeness (QED) is 0.161. The number of hydrogen-bond donors (Lipinski definition) is 0. The van der Waals surface area contributed by atoms with Crippen LogP contribution >= 0.6 is 0 Å². The Morgan fingerprint density at radius 1 is 0.458 bits per heavy atom. The molecule has 8 aromatic rings. The zero-order valence-corrected chi connectivity index (χ0v) is 33.4. The molecule has 3 heteroatoms. The predicted octanol–water partition coefficient (Wildman–Crippen LogP) is 14.9. The highest BCUT2D eigenvalue weighted by Gasteiger charge is 2.62. The summed E-state index contributed by atoms with van der Waals surface area (Å²) in [6.45, 7) is 0. The summed E-state index contributed by atoms with van der Waals surface area (Å²) >= 11 is 0. The largest absolute Gasteiger partial charge is 0.456 e. The van der Waals surface area contributed by atoms with Crippen molar-refractivity contribution < 1.29 is 4.42 Å². The van der Waals surface area contributed by atoms with Crippen LogP contribution in [0.1, 0.15) is 72.3 Å². The van der Waals surface area contributed by atoms with Crippen molar-refractivity contribution in [2.24, 2.45) is 23.7 Å². The van der Waals surface area contributed by atoms with Gasteiger partial charge in [-0.05, 0) is 163 Å². The number of anilines is 6. The molecule has 5 aliphatic rings. The van der Waals surface area contributed by atoms with Crippen molar-refractivity contribution in [3.63, 3.8) is 0 Å². The number of nitrogens with zero attached hydrogens (tertiary/aromatic N) is 2. The van der Waals surface area contributed by atoms with E-state index < -0.39 is 0 Å². The molecule has 13 rings (SSSR count). The number of furan rings is 1. The zero-order chi connectivity index (χ0) is 38.7. The second kappa shape index (κ2) is 13.0. The molecule has 1 aromatic heterocycles. The number of fused-ring (bicyclic) bond motifs is 7. The zero-order valence-electron chi connectivity index (χ0n) is 33.4. The minimum Gasteiger partial charge on any atom is -0.456 e. The minimum atomic E-state index is -0.108. The third-order valence-corrected chi connectivity index (χ3v) is 15.6. The highest BCUT2D eigenvalue weighted by Crippen LogP contribution is 2.69. The van der Waals surface area contributed by atoms with E-state index >= 15 is 0 Å². The van der Waals surface area contributed by atoms with Gasteiger partial charge in [-0.2, -0.15) is 0 Å². The van der Waals surface area contributed by atoms with E-state index in [-0.39, 0.29) is 5.41 Å². The Bertz CT molecular complexity index is 2860. The smallest absolute Gasteiger partial charge is 0.137 e. The second-order valence-corrected chi connectivity index (χ2v) is 18.3. The normalized spacial score (nSPS) is 24.6. The van der Waals surface area contributed by atoms with Gasteiger partial charge in [0, 0.05) is 45.0 Å². The predicted molar refractivity (Wildman–Crippen MR) is 242 cm³/mol. The molecule has 3 fully saturated rings. The van der Waals surface area contributed by atoms with Crippen LogP contribution in [0.25, 0.3) is 21.9 Å². The number of rotatable bonds is 7. The summed E-state index contributed by atoms with van der Waals surface area (Å²) in [6, 6.07) is 61.6. The van der Waals surface area contributed by atoms with E-state index in [1.807, 2.05) is 0 Å². The van der Waals surface area contributed by atoms with Crippen molar-refractivity contribution in [3.8, 4) is 0 Å². The summed E-state index contributed by atoms with van der Waals surface area (Å²) in [5.41, 5.74) is 17.1. The van der Waals surface area contributed by atoms with Gasteiger partial charge in [0.2, 0.25) is 0 Å². The fourth-order valence-corrected chi connectivity index (χ4v) is 13.5. The highest BCUT2D eigenvalue weighted by atomic mass is 16.3. The van der Waals surface area contributed by atoms with Crippen LogP contribution in [0.4, 0.5) is 34.1 Å². The Morgan fingerprint density at radius 2 is 1.07 bits per heavy atom. The van der Waals surface area contributed by atoms with Crippen molar-refractivity contribution in [1.82, 2.24) is 0 Å². The first-order chi connectivity index (χ1) is 29.2. The first-order valence-corrected chi connectivity index (χ1v) is 22.2. The van der Waals surface area contributed by atoms with Gasteiger partial charge in [-0.15, -0.1) is 0 Å². The van der Waals surface area contributed by atoms with E-state index in [4.69, 9.17) is 4.42 Å². The van der Waals surface area contributed by atoms with Gasteiger partial charge in [0.15, 0.2) is 0 Å². The van der Waals surface area contributed by atoms with Crippen LogP contribution in [-0.4, -0.2) is 0 Å². The van der Waals surface area contributed by atoms with Crippen LogP contribution in [0.15, 0.2) is 168 Å². The molecule has 0 amide bonds. The van der Waals surface area contributed by atoms with Gasteiger partial charge < -0.3 is 14.2 Å². The average Bonchev–Trinajstić information content (AvgIpc) is 4.15. The lowest BCUT2D eigenvalue weighted by atomic mass is 9.68. The average molecular weight is 765 g/mol. The molecular formula is C56H48N2O. The summed E-state index contributed by atoms with van der Waals surface area (Å²) in [5.74, 6) is 3.31. The van der Waals surface area contributed by atoms with E-state index in [9.17, 15) is 0 Å². The molecule has 59 heavy (non-hydrogen) atoms. The molecule has 0 aliphatic heterocycles. The van der Waals surface area contributed by atoms with Gasteiger partial charge in [-0.3, -0.25) is 0 Å². The van der Waals surface area contributed by atoms with Gasteiger partial charge in [-0.1, -0.05) is 103 Å². The maximum Gasteiger partial charge on any atom is 0.137 e. The van der Waals surface area contributed by atoms with E-state index in [0.29, 0.717) is 17.8 Å². The molecule has 7 aromatic carbocycles. The lowest BCUT2D eigenvalue weighted by molar-refractivity contribution is 0.350. The SMILES string of the molecule is c1ccc(N(c2ccccc2)c2cccc3c2C24c5c(cccc5N(c5ccc6c(c5)oc5ccccc56)c5ccccc5C5CC6CCC5C6)CC2CCC4C3)cc1. The third kappa shape index (κ3) is 4.88. The fourth-order valence-electron chi connectivity index (χ4n) is 13.5. The van der Waals surface area contributed by atoms with Gasteiger partial charge in [-0.25, -0.2) is 0 Å².